The lowest BCUT2D eigenvalue weighted by Gasteiger charge is -2.39. The third-order valence-corrected chi connectivity index (χ3v) is 4.62. The lowest BCUT2D eigenvalue weighted by Crippen LogP contribution is -2.53. The van der Waals surface area contributed by atoms with Gasteiger partial charge in [0.15, 0.2) is 5.96 Å². The van der Waals surface area contributed by atoms with Gasteiger partial charge in [-0.2, -0.15) is 0 Å². The molecule has 0 aromatic heterocycles. The number of ether oxygens (including phenoxy) is 1. The summed E-state index contributed by atoms with van der Waals surface area (Å²) in [5.74, 6) is 0.809. The third-order valence-electron chi connectivity index (χ3n) is 4.62. The van der Waals surface area contributed by atoms with Gasteiger partial charge in [0.05, 0.1) is 25.4 Å². The van der Waals surface area contributed by atoms with Gasteiger partial charge in [-0.05, 0) is 19.1 Å². The molecule has 0 saturated carbocycles. The second kappa shape index (κ2) is 7.38. The van der Waals surface area contributed by atoms with Crippen molar-refractivity contribution in [3.63, 3.8) is 0 Å². The van der Waals surface area contributed by atoms with E-state index in [-0.39, 0.29) is 11.2 Å². The first kappa shape index (κ1) is 17.0. The van der Waals surface area contributed by atoms with Crippen LogP contribution >= 0.6 is 0 Å². The Morgan fingerprint density at radius 2 is 1.96 bits per heavy atom. The van der Waals surface area contributed by atoms with Gasteiger partial charge in [0.2, 0.25) is 0 Å². The Morgan fingerprint density at radius 1 is 1.25 bits per heavy atom. The summed E-state index contributed by atoms with van der Waals surface area (Å²) in [5.41, 5.74) is 0.869. The lowest BCUT2D eigenvalue weighted by molar-refractivity contribution is -0.0946. The average molecular weight is 334 g/mol. The standard InChI is InChI=1S/C18H27FN4O/c1-3-20-17(21-12-18(2)13-24-14-18)23-10-8-22(9-11-23)16-7-5-4-6-15(16)19/h4-7H,3,8-14H2,1-2H3,(H,20,21). The number of aliphatic imine (C=N–C) groups is 1. The van der Waals surface area contributed by atoms with Gasteiger partial charge in [-0.3, -0.25) is 4.99 Å². The largest absolute Gasteiger partial charge is 0.380 e. The van der Waals surface area contributed by atoms with Crippen LogP contribution in [0, 0.1) is 11.2 Å². The summed E-state index contributed by atoms with van der Waals surface area (Å²) >= 11 is 0. The van der Waals surface area contributed by atoms with E-state index < -0.39 is 0 Å². The number of nitrogens with one attached hydrogen (secondary N) is 1. The summed E-state index contributed by atoms with van der Waals surface area (Å²) in [6.45, 7) is 10.8. The van der Waals surface area contributed by atoms with E-state index in [2.05, 4.69) is 29.0 Å². The summed E-state index contributed by atoms with van der Waals surface area (Å²) in [6.07, 6.45) is 0. The normalized spacial score (nSPS) is 20.7. The quantitative estimate of drug-likeness (QED) is 0.675. The molecule has 1 aromatic carbocycles. The average Bonchev–Trinajstić information content (AvgIpc) is 2.58. The van der Waals surface area contributed by atoms with Crippen molar-refractivity contribution in [1.82, 2.24) is 10.2 Å². The number of benzene rings is 1. The number of anilines is 1. The van der Waals surface area contributed by atoms with Crippen molar-refractivity contribution in [1.29, 1.82) is 0 Å². The Hall–Kier alpha value is -1.82. The van der Waals surface area contributed by atoms with E-state index in [1.807, 2.05) is 12.1 Å². The highest BCUT2D eigenvalue weighted by atomic mass is 19.1. The molecule has 132 valence electrons. The van der Waals surface area contributed by atoms with E-state index >= 15 is 0 Å². The molecule has 0 unspecified atom stereocenters. The highest BCUT2D eigenvalue weighted by Crippen LogP contribution is 2.26. The van der Waals surface area contributed by atoms with E-state index in [0.29, 0.717) is 5.69 Å². The first-order valence-electron chi connectivity index (χ1n) is 8.72. The van der Waals surface area contributed by atoms with Crippen LogP contribution in [0.15, 0.2) is 29.3 Å². The molecule has 6 heteroatoms. The highest BCUT2D eigenvalue weighted by molar-refractivity contribution is 5.80. The van der Waals surface area contributed by atoms with Gasteiger partial charge in [-0.25, -0.2) is 4.39 Å². The number of para-hydroxylation sites is 1. The fourth-order valence-corrected chi connectivity index (χ4v) is 3.10. The van der Waals surface area contributed by atoms with Crippen LogP contribution in [0.3, 0.4) is 0 Å². The minimum absolute atomic E-state index is 0.149. The van der Waals surface area contributed by atoms with Gasteiger partial charge in [-0.1, -0.05) is 19.1 Å². The maximum absolute atomic E-state index is 13.9. The molecule has 2 heterocycles. The second-order valence-corrected chi connectivity index (χ2v) is 6.90. The van der Waals surface area contributed by atoms with Crippen LogP contribution in [-0.4, -0.2) is 63.3 Å². The molecule has 0 radical (unpaired) electrons. The van der Waals surface area contributed by atoms with Gasteiger partial charge in [0, 0.05) is 38.1 Å². The Bertz CT molecular complexity index is 580. The number of hydrogen-bond acceptors (Lipinski definition) is 3. The topological polar surface area (TPSA) is 40.1 Å². The lowest BCUT2D eigenvalue weighted by atomic mass is 9.89. The molecular formula is C18H27FN4O. The van der Waals surface area contributed by atoms with Crippen LogP contribution in [0.1, 0.15) is 13.8 Å². The van der Waals surface area contributed by atoms with E-state index in [9.17, 15) is 4.39 Å². The molecule has 0 atom stereocenters. The molecule has 2 aliphatic rings. The van der Waals surface area contributed by atoms with Crippen molar-refractivity contribution in [2.75, 3.05) is 57.4 Å². The predicted molar refractivity (Wildman–Crippen MR) is 95.1 cm³/mol. The van der Waals surface area contributed by atoms with Crippen molar-refractivity contribution in [2.24, 2.45) is 10.4 Å². The van der Waals surface area contributed by atoms with Crippen LogP contribution in [0.5, 0.6) is 0 Å². The highest BCUT2D eigenvalue weighted by Gasteiger charge is 2.33. The monoisotopic (exact) mass is 334 g/mol. The molecule has 0 spiro atoms. The minimum Gasteiger partial charge on any atom is -0.380 e. The van der Waals surface area contributed by atoms with Crippen molar-refractivity contribution >= 4 is 11.6 Å². The van der Waals surface area contributed by atoms with E-state index in [1.165, 1.54) is 6.07 Å². The Kier molecular flexibility index (Phi) is 5.23. The molecule has 0 aliphatic carbocycles. The Labute approximate surface area is 143 Å². The van der Waals surface area contributed by atoms with Crippen LogP contribution < -0.4 is 10.2 Å². The molecule has 2 saturated heterocycles. The number of guanidine groups is 1. The molecule has 24 heavy (non-hydrogen) atoms. The fraction of sp³-hybridized carbons (Fsp3) is 0.611. The summed E-state index contributed by atoms with van der Waals surface area (Å²) in [4.78, 5) is 9.18. The van der Waals surface area contributed by atoms with Gasteiger partial charge in [0.1, 0.15) is 5.82 Å². The zero-order valence-electron chi connectivity index (χ0n) is 14.6. The molecular weight excluding hydrogens is 307 g/mol. The third kappa shape index (κ3) is 3.80. The molecule has 2 fully saturated rings. The molecule has 3 rings (SSSR count). The molecule has 2 aliphatic heterocycles. The van der Waals surface area contributed by atoms with Gasteiger partial charge >= 0.3 is 0 Å². The number of hydrogen-bond donors (Lipinski definition) is 1. The van der Waals surface area contributed by atoms with Gasteiger partial charge in [0.25, 0.3) is 0 Å². The van der Waals surface area contributed by atoms with Crippen molar-refractivity contribution in [2.45, 2.75) is 13.8 Å². The SMILES string of the molecule is CCNC(=NCC1(C)COC1)N1CCN(c2ccccc2F)CC1. The Morgan fingerprint density at radius 3 is 2.54 bits per heavy atom. The fourth-order valence-electron chi connectivity index (χ4n) is 3.10. The first-order chi connectivity index (χ1) is 11.6. The van der Waals surface area contributed by atoms with Crippen LogP contribution in [-0.2, 0) is 4.74 Å². The zero-order valence-corrected chi connectivity index (χ0v) is 14.6. The number of halogens is 1. The molecule has 1 N–H and O–H groups in total. The number of piperazine rings is 1. The first-order valence-corrected chi connectivity index (χ1v) is 8.72. The van der Waals surface area contributed by atoms with E-state index in [1.54, 1.807) is 6.07 Å². The summed E-state index contributed by atoms with van der Waals surface area (Å²) in [6, 6.07) is 6.99. The maximum Gasteiger partial charge on any atom is 0.194 e. The zero-order chi connectivity index (χ0) is 17.0. The molecule has 0 bridgehead atoms. The molecule has 1 aromatic rings. The molecule has 5 nitrogen and oxygen atoms in total. The van der Waals surface area contributed by atoms with Gasteiger partial charge in [-0.15, -0.1) is 0 Å². The summed E-state index contributed by atoms with van der Waals surface area (Å²) in [7, 11) is 0. The van der Waals surface area contributed by atoms with Crippen molar-refractivity contribution in [3.8, 4) is 0 Å². The summed E-state index contributed by atoms with van der Waals surface area (Å²) < 4.78 is 19.2. The van der Waals surface area contributed by atoms with Gasteiger partial charge < -0.3 is 19.9 Å². The van der Waals surface area contributed by atoms with Crippen LogP contribution in [0.4, 0.5) is 10.1 Å². The van der Waals surface area contributed by atoms with E-state index in [0.717, 1.165) is 58.4 Å². The van der Waals surface area contributed by atoms with E-state index in [4.69, 9.17) is 9.73 Å². The smallest absolute Gasteiger partial charge is 0.194 e. The predicted octanol–water partition coefficient (Wildman–Crippen LogP) is 1.95. The summed E-state index contributed by atoms with van der Waals surface area (Å²) in [5, 5.41) is 3.38. The Balaban J connectivity index is 1.60. The number of nitrogens with zero attached hydrogens (tertiary/aromatic N) is 3. The maximum atomic E-state index is 13.9. The second-order valence-electron chi connectivity index (χ2n) is 6.90. The number of rotatable bonds is 4. The molecule has 0 amide bonds. The van der Waals surface area contributed by atoms with Crippen molar-refractivity contribution in [3.05, 3.63) is 30.1 Å². The van der Waals surface area contributed by atoms with Crippen LogP contribution in [0.2, 0.25) is 0 Å². The van der Waals surface area contributed by atoms with Crippen LogP contribution in [0.25, 0.3) is 0 Å². The van der Waals surface area contributed by atoms with Crippen molar-refractivity contribution < 1.29 is 9.13 Å². The minimum atomic E-state index is -0.149.